The number of aliphatic imine (C=N–C) groups is 1. The fourth-order valence-corrected chi connectivity index (χ4v) is 5.22. The smallest absolute Gasteiger partial charge is 0.335 e. The van der Waals surface area contributed by atoms with Crippen molar-refractivity contribution in [2.45, 2.75) is 85.8 Å². The lowest BCUT2D eigenvalue weighted by Gasteiger charge is -2.50. The number of unbranched alkanes of at least 4 members (excludes halogenated alkanes) is 2. The third-order valence-electron chi connectivity index (χ3n) is 7.46. The van der Waals surface area contributed by atoms with Crippen molar-refractivity contribution in [2.24, 2.45) is 21.7 Å². The number of hydrogen-bond acceptors (Lipinski definition) is 4. The van der Waals surface area contributed by atoms with Crippen LogP contribution in [-0.4, -0.2) is 34.0 Å². The number of nitrogens with one attached hydrogen (secondary N) is 1. The van der Waals surface area contributed by atoms with Gasteiger partial charge in [-0.05, 0) is 66.4 Å². The maximum absolute atomic E-state index is 13.0. The molecule has 1 aromatic rings. The van der Waals surface area contributed by atoms with Gasteiger partial charge >= 0.3 is 5.97 Å². The van der Waals surface area contributed by atoms with Crippen molar-refractivity contribution in [1.82, 2.24) is 0 Å². The van der Waals surface area contributed by atoms with E-state index in [1.165, 1.54) is 17.7 Å². The van der Waals surface area contributed by atoms with Crippen LogP contribution in [0.2, 0.25) is 0 Å². The Kier molecular flexibility index (Phi) is 8.37. The summed E-state index contributed by atoms with van der Waals surface area (Å²) in [6.45, 7) is 11.2. The highest BCUT2D eigenvalue weighted by atomic mass is 16.4. The number of hydrogen-bond donors (Lipinski definition) is 3. The first-order valence-corrected chi connectivity index (χ1v) is 12.7. The first-order valence-electron chi connectivity index (χ1n) is 12.7. The van der Waals surface area contributed by atoms with Crippen LogP contribution in [0.3, 0.4) is 0 Å². The monoisotopic (exact) mass is 480 g/mol. The molecular formula is C29H40N2O4. The second kappa shape index (κ2) is 10.9. The molecule has 1 saturated carbocycles. The lowest BCUT2D eigenvalue weighted by molar-refractivity contribution is -0.115. The fourth-order valence-electron chi connectivity index (χ4n) is 5.22. The molecule has 6 nitrogen and oxygen atoms in total. The molecule has 0 aliphatic heterocycles. The van der Waals surface area contributed by atoms with Gasteiger partial charge in [0, 0.05) is 17.3 Å². The van der Waals surface area contributed by atoms with Crippen LogP contribution in [0.1, 0.15) is 89.9 Å². The Hall–Kier alpha value is -2.73. The molecule has 0 radical (unpaired) electrons. The van der Waals surface area contributed by atoms with E-state index in [0.29, 0.717) is 12.1 Å². The molecular weight excluding hydrogens is 440 g/mol. The van der Waals surface area contributed by atoms with Gasteiger partial charge in [0.15, 0.2) is 0 Å². The van der Waals surface area contributed by atoms with Crippen LogP contribution >= 0.6 is 0 Å². The van der Waals surface area contributed by atoms with E-state index in [-0.39, 0.29) is 34.6 Å². The number of carboxylic acid groups (broad SMARTS) is 1. The summed E-state index contributed by atoms with van der Waals surface area (Å²) in [4.78, 5) is 28.9. The number of anilines is 1. The second-order valence-corrected chi connectivity index (χ2v) is 11.2. The van der Waals surface area contributed by atoms with Crippen molar-refractivity contribution in [1.29, 1.82) is 0 Å². The van der Waals surface area contributed by atoms with Gasteiger partial charge in [-0.15, -0.1) is 0 Å². The van der Waals surface area contributed by atoms with Crippen LogP contribution in [-0.2, 0) is 4.79 Å². The number of fused-ring (bicyclic) bond motifs is 1. The molecule has 0 bridgehead atoms. The molecule has 2 aliphatic carbocycles. The van der Waals surface area contributed by atoms with Crippen LogP contribution in [0.4, 0.5) is 5.69 Å². The van der Waals surface area contributed by atoms with E-state index in [0.717, 1.165) is 43.4 Å². The minimum atomic E-state index is -1.01. The minimum Gasteiger partial charge on any atom is -0.478 e. The molecule has 2 atom stereocenters. The maximum Gasteiger partial charge on any atom is 0.335 e. The Bertz CT molecular complexity index is 1030. The normalized spacial score (nSPS) is 22.6. The van der Waals surface area contributed by atoms with Crippen molar-refractivity contribution in [3.63, 3.8) is 0 Å². The highest BCUT2D eigenvalue weighted by Gasteiger charge is 2.47. The Morgan fingerprint density at radius 2 is 1.77 bits per heavy atom. The van der Waals surface area contributed by atoms with Crippen LogP contribution < -0.4 is 5.32 Å². The van der Waals surface area contributed by atoms with Gasteiger partial charge in [0.2, 0.25) is 5.91 Å². The molecule has 3 N–H and O–H groups in total. The molecule has 0 heterocycles. The van der Waals surface area contributed by atoms with E-state index in [1.807, 2.05) is 6.08 Å². The lowest BCUT2D eigenvalue weighted by atomic mass is 9.54. The third kappa shape index (κ3) is 6.49. The topological polar surface area (TPSA) is 99.0 Å². The van der Waals surface area contributed by atoms with Crippen LogP contribution in [0.5, 0.6) is 0 Å². The fraction of sp³-hybridized carbons (Fsp3) is 0.552. The minimum absolute atomic E-state index is 0.0320. The number of amides is 1. The van der Waals surface area contributed by atoms with E-state index in [1.54, 1.807) is 12.1 Å². The van der Waals surface area contributed by atoms with Crippen LogP contribution in [0.25, 0.3) is 0 Å². The average molecular weight is 481 g/mol. The molecule has 2 unspecified atom stereocenters. The standard InChI is InChI=1S/C29H40N2O4/c1-6-7-8-9-23(32)31-26-20(12-15-22-25(26)29(4,5)17-16-28(22,2)3)18-24(33)30-21-13-10-19(11-14-21)27(34)35/h10-15,23,25,32H,6-9,16-18H2,1-5H3,(H,30,33)(H,34,35). The number of rotatable bonds is 9. The zero-order valence-electron chi connectivity index (χ0n) is 21.7. The van der Waals surface area contributed by atoms with Gasteiger partial charge in [-0.2, -0.15) is 0 Å². The number of benzene rings is 1. The Morgan fingerprint density at radius 1 is 1.09 bits per heavy atom. The summed E-state index contributed by atoms with van der Waals surface area (Å²) in [5.41, 5.74) is 3.70. The summed E-state index contributed by atoms with van der Waals surface area (Å²) in [6.07, 6.45) is 9.32. The lowest BCUT2D eigenvalue weighted by Crippen LogP contribution is -2.44. The van der Waals surface area contributed by atoms with Crippen molar-refractivity contribution in [2.75, 3.05) is 5.32 Å². The van der Waals surface area contributed by atoms with Gasteiger partial charge in [-0.1, -0.05) is 65.2 Å². The summed E-state index contributed by atoms with van der Waals surface area (Å²) >= 11 is 0. The largest absolute Gasteiger partial charge is 0.478 e. The van der Waals surface area contributed by atoms with E-state index in [4.69, 9.17) is 10.1 Å². The average Bonchev–Trinajstić information content (AvgIpc) is 2.78. The van der Waals surface area contributed by atoms with Crippen LogP contribution in [0.15, 0.2) is 52.6 Å². The summed E-state index contributed by atoms with van der Waals surface area (Å²) < 4.78 is 0. The number of aliphatic hydroxyl groups is 1. The van der Waals surface area contributed by atoms with Crippen molar-refractivity contribution in [3.05, 3.63) is 53.1 Å². The third-order valence-corrected chi connectivity index (χ3v) is 7.46. The predicted molar refractivity (Wildman–Crippen MR) is 141 cm³/mol. The Balaban J connectivity index is 1.89. The van der Waals surface area contributed by atoms with E-state index in [2.05, 4.69) is 46.0 Å². The zero-order chi connectivity index (χ0) is 25.8. The first-order chi connectivity index (χ1) is 16.4. The van der Waals surface area contributed by atoms with E-state index >= 15 is 0 Å². The molecule has 3 rings (SSSR count). The molecule has 1 amide bonds. The molecule has 0 saturated heterocycles. The van der Waals surface area contributed by atoms with Crippen molar-refractivity contribution < 1.29 is 19.8 Å². The van der Waals surface area contributed by atoms with Gasteiger partial charge in [0.25, 0.3) is 0 Å². The number of carbonyl (C=O) groups excluding carboxylic acids is 1. The van der Waals surface area contributed by atoms with Crippen molar-refractivity contribution in [3.8, 4) is 0 Å². The Labute approximate surface area is 209 Å². The maximum atomic E-state index is 13.0. The number of aliphatic hydroxyl groups excluding tert-OH is 1. The van der Waals surface area contributed by atoms with Gasteiger partial charge in [-0.25, -0.2) is 4.79 Å². The second-order valence-electron chi connectivity index (χ2n) is 11.2. The summed E-state index contributed by atoms with van der Waals surface area (Å²) in [5, 5.41) is 22.7. The summed E-state index contributed by atoms with van der Waals surface area (Å²) in [6, 6.07) is 6.12. The summed E-state index contributed by atoms with van der Waals surface area (Å²) in [5.74, 6) is -1.15. The predicted octanol–water partition coefficient (Wildman–Crippen LogP) is 6.38. The molecule has 190 valence electrons. The van der Waals surface area contributed by atoms with Crippen molar-refractivity contribution >= 4 is 23.3 Å². The molecule has 0 aromatic heterocycles. The van der Waals surface area contributed by atoms with Gasteiger partial charge in [-0.3, -0.25) is 9.79 Å². The van der Waals surface area contributed by atoms with Gasteiger partial charge < -0.3 is 15.5 Å². The first kappa shape index (κ1) is 26.9. The molecule has 35 heavy (non-hydrogen) atoms. The highest BCUT2D eigenvalue weighted by molar-refractivity contribution is 6.10. The number of nitrogens with zero attached hydrogens (tertiary/aromatic N) is 1. The quantitative estimate of drug-likeness (QED) is 0.357. The molecule has 1 fully saturated rings. The molecule has 0 spiro atoms. The number of allylic oxidation sites excluding steroid dienone is 3. The van der Waals surface area contributed by atoms with E-state index < -0.39 is 12.2 Å². The number of aromatic carboxylic acids is 1. The summed E-state index contributed by atoms with van der Waals surface area (Å²) in [7, 11) is 0. The zero-order valence-corrected chi connectivity index (χ0v) is 21.7. The van der Waals surface area contributed by atoms with E-state index in [9.17, 15) is 14.7 Å². The number of carboxylic acids is 1. The molecule has 1 aromatic carbocycles. The SMILES string of the molecule is CCCCCC(O)N=C1C(CC(=O)Nc2ccc(C(=O)O)cc2)=CC=C2C1C(C)(C)CCC2(C)C. The molecule has 2 aliphatic rings. The highest BCUT2D eigenvalue weighted by Crippen LogP contribution is 2.54. The van der Waals surface area contributed by atoms with Gasteiger partial charge in [0.05, 0.1) is 12.0 Å². The molecule has 6 heteroatoms. The Morgan fingerprint density at radius 3 is 2.40 bits per heavy atom. The van der Waals surface area contributed by atoms with Gasteiger partial charge in [0.1, 0.15) is 6.23 Å². The number of carbonyl (C=O) groups is 2. The van der Waals surface area contributed by atoms with Crippen LogP contribution in [0, 0.1) is 16.7 Å².